The van der Waals surface area contributed by atoms with Crippen LogP contribution < -0.4 is 5.32 Å². The van der Waals surface area contributed by atoms with Crippen molar-refractivity contribution in [2.24, 2.45) is 5.92 Å². The average molecular weight is 383 g/mol. The van der Waals surface area contributed by atoms with Gasteiger partial charge >= 0.3 is 0 Å². The Morgan fingerprint density at radius 3 is 2.46 bits per heavy atom. The molecule has 2 unspecified atom stereocenters. The molecule has 28 heavy (non-hydrogen) atoms. The highest BCUT2D eigenvalue weighted by Gasteiger charge is 2.37. The lowest BCUT2D eigenvalue weighted by atomic mass is 10.0. The second-order valence-electron chi connectivity index (χ2n) is 6.50. The second kappa shape index (κ2) is 10.3. The molecule has 6 heteroatoms. The Morgan fingerprint density at radius 1 is 1.14 bits per heavy atom. The second-order valence-corrected chi connectivity index (χ2v) is 6.50. The van der Waals surface area contributed by atoms with E-state index in [4.69, 9.17) is 5.11 Å². The lowest BCUT2D eigenvalue weighted by molar-refractivity contribution is -0.117. The van der Waals surface area contributed by atoms with Crippen LogP contribution in [0.2, 0.25) is 0 Å². The highest BCUT2D eigenvalue weighted by atomic mass is 16.3. The molecule has 6 nitrogen and oxygen atoms in total. The summed E-state index contributed by atoms with van der Waals surface area (Å²) in [6.45, 7) is 2.07. The molecule has 148 valence electrons. The Bertz CT molecular complexity index is 814. The predicted molar refractivity (Wildman–Crippen MR) is 107 cm³/mol. The quantitative estimate of drug-likeness (QED) is 0.239. The van der Waals surface area contributed by atoms with Crippen LogP contribution >= 0.6 is 0 Å². The van der Waals surface area contributed by atoms with Crippen LogP contribution in [0, 0.1) is 5.92 Å². The lowest BCUT2D eigenvalue weighted by Crippen LogP contribution is -2.31. The number of Topliss-reactive ketones (excluding diaryl/α,β-unsaturated/α-hetero) is 1. The van der Waals surface area contributed by atoms with E-state index >= 15 is 0 Å². The van der Waals surface area contributed by atoms with E-state index in [9.17, 15) is 19.8 Å². The first kappa shape index (κ1) is 21.2. The molecule has 4 N–H and O–H groups in total. The molecule has 1 aliphatic heterocycles. The number of amides is 1. The number of benzene rings is 1. The zero-order valence-corrected chi connectivity index (χ0v) is 15.7. The zero-order chi connectivity index (χ0) is 20.5. The molecule has 1 heterocycles. The largest absolute Gasteiger partial charge is 0.508 e. The molecule has 1 saturated heterocycles. The van der Waals surface area contributed by atoms with E-state index in [2.05, 4.69) is 5.32 Å². The first-order valence-electron chi connectivity index (χ1n) is 9.14. The number of aromatic hydroxyl groups is 1. The van der Waals surface area contributed by atoms with Gasteiger partial charge in [0.2, 0.25) is 0 Å². The van der Waals surface area contributed by atoms with E-state index in [-0.39, 0.29) is 36.0 Å². The van der Waals surface area contributed by atoms with Crippen LogP contribution in [0.25, 0.3) is 0 Å². The maximum Gasteiger partial charge on any atom is 0.259 e. The van der Waals surface area contributed by atoms with Crippen molar-refractivity contribution < 1.29 is 24.9 Å². The molecule has 1 aromatic rings. The Hall–Kier alpha value is -3.12. The molecule has 1 amide bonds. The lowest BCUT2D eigenvalue weighted by Gasteiger charge is -2.07. The minimum absolute atomic E-state index is 0.0894. The maximum atomic E-state index is 12.5. The minimum atomic E-state index is -0.745. The number of carbonyl (C=O) groups excluding carboxylic acids is 2. The van der Waals surface area contributed by atoms with Crippen LogP contribution in [0.4, 0.5) is 0 Å². The first-order chi connectivity index (χ1) is 13.5. The fourth-order valence-electron chi connectivity index (χ4n) is 2.74. The van der Waals surface area contributed by atoms with Gasteiger partial charge in [-0.25, -0.2) is 0 Å². The van der Waals surface area contributed by atoms with Gasteiger partial charge in [-0.15, -0.1) is 0 Å². The summed E-state index contributed by atoms with van der Waals surface area (Å²) in [4.78, 5) is 24.5. The smallest absolute Gasteiger partial charge is 0.259 e. The van der Waals surface area contributed by atoms with Gasteiger partial charge in [-0.2, -0.15) is 0 Å². The molecule has 1 aliphatic rings. The van der Waals surface area contributed by atoms with E-state index in [1.165, 1.54) is 24.3 Å². The average Bonchev–Trinajstić information content (AvgIpc) is 2.96. The number of phenolic OH excluding ortho intramolecular Hbond substituents is 1. The molecular weight excluding hydrogens is 358 g/mol. The molecule has 1 fully saturated rings. The van der Waals surface area contributed by atoms with Crippen LogP contribution in [-0.4, -0.2) is 39.7 Å². The molecular formula is C22H25NO5. The van der Waals surface area contributed by atoms with Crippen molar-refractivity contribution >= 4 is 11.7 Å². The van der Waals surface area contributed by atoms with Crippen molar-refractivity contribution in [3.8, 4) is 5.75 Å². The number of rotatable bonds is 8. The summed E-state index contributed by atoms with van der Waals surface area (Å²) in [6, 6.07) is 5.63. The Labute approximate surface area is 164 Å². The molecule has 1 aromatic carbocycles. The van der Waals surface area contributed by atoms with Crippen molar-refractivity contribution in [1.82, 2.24) is 5.32 Å². The Kier molecular flexibility index (Phi) is 7.77. The SMILES string of the molecule is CCC(/C=C/C=C/C=C/C(O)=C1\C(=O)NC(Cc2ccc(O)cc2)C1=O)CO. The van der Waals surface area contributed by atoms with Gasteiger partial charge in [-0.05, 0) is 36.1 Å². The molecule has 0 aromatic heterocycles. The molecule has 2 atom stereocenters. The van der Waals surface area contributed by atoms with Crippen LogP contribution in [0.1, 0.15) is 18.9 Å². The summed E-state index contributed by atoms with van der Waals surface area (Å²) >= 11 is 0. The third-order valence-corrected chi connectivity index (χ3v) is 4.46. The van der Waals surface area contributed by atoms with Crippen LogP contribution in [0.3, 0.4) is 0 Å². The molecule has 0 spiro atoms. The third-order valence-electron chi connectivity index (χ3n) is 4.46. The summed E-state index contributed by atoms with van der Waals surface area (Å²) in [7, 11) is 0. The van der Waals surface area contributed by atoms with Gasteiger partial charge in [0, 0.05) is 13.0 Å². The van der Waals surface area contributed by atoms with Gasteiger partial charge < -0.3 is 20.6 Å². The molecule has 2 rings (SSSR count). The van der Waals surface area contributed by atoms with Gasteiger partial charge in [0.25, 0.3) is 5.91 Å². The minimum Gasteiger partial charge on any atom is -0.508 e. The van der Waals surface area contributed by atoms with Crippen molar-refractivity contribution in [2.45, 2.75) is 25.8 Å². The number of hydrogen-bond acceptors (Lipinski definition) is 5. The summed E-state index contributed by atoms with van der Waals surface area (Å²) in [5.74, 6) is -1.22. The summed E-state index contributed by atoms with van der Waals surface area (Å²) in [5, 5.41) is 31.1. The van der Waals surface area contributed by atoms with Crippen molar-refractivity contribution in [3.63, 3.8) is 0 Å². The van der Waals surface area contributed by atoms with Crippen LogP contribution in [0.15, 0.2) is 72.1 Å². The Morgan fingerprint density at radius 2 is 1.82 bits per heavy atom. The normalized spacial score (nSPS) is 20.4. The fraction of sp³-hybridized carbons (Fsp3) is 0.273. The molecule has 0 aliphatic carbocycles. The van der Waals surface area contributed by atoms with E-state index in [1.807, 2.05) is 13.0 Å². The highest BCUT2D eigenvalue weighted by Crippen LogP contribution is 2.19. The number of ketones is 1. The number of carbonyl (C=O) groups is 2. The van der Waals surface area contributed by atoms with Gasteiger partial charge in [0.1, 0.15) is 17.1 Å². The number of aliphatic hydroxyl groups is 2. The van der Waals surface area contributed by atoms with Gasteiger partial charge in [0.15, 0.2) is 5.78 Å². The number of nitrogens with one attached hydrogen (secondary N) is 1. The summed E-state index contributed by atoms with van der Waals surface area (Å²) in [6.07, 6.45) is 11.0. The zero-order valence-electron chi connectivity index (χ0n) is 15.7. The number of phenols is 1. The van der Waals surface area contributed by atoms with Gasteiger partial charge in [-0.3, -0.25) is 9.59 Å². The van der Waals surface area contributed by atoms with E-state index < -0.39 is 17.7 Å². The number of allylic oxidation sites excluding steroid dienone is 5. The van der Waals surface area contributed by atoms with E-state index in [0.717, 1.165) is 12.0 Å². The maximum absolute atomic E-state index is 12.5. The molecule has 0 radical (unpaired) electrons. The first-order valence-corrected chi connectivity index (χ1v) is 9.14. The number of aliphatic hydroxyl groups excluding tert-OH is 2. The molecule has 0 bridgehead atoms. The van der Waals surface area contributed by atoms with Crippen molar-refractivity contribution in [3.05, 3.63) is 77.6 Å². The van der Waals surface area contributed by atoms with E-state index in [0.29, 0.717) is 0 Å². The van der Waals surface area contributed by atoms with E-state index in [1.54, 1.807) is 30.4 Å². The summed E-state index contributed by atoms with van der Waals surface area (Å²) in [5.41, 5.74) is 0.533. The van der Waals surface area contributed by atoms with Gasteiger partial charge in [0.05, 0.1) is 6.04 Å². The highest BCUT2D eigenvalue weighted by molar-refractivity contribution is 6.27. The molecule has 0 saturated carbocycles. The van der Waals surface area contributed by atoms with Crippen LogP contribution in [-0.2, 0) is 16.0 Å². The predicted octanol–water partition coefficient (Wildman–Crippen LogP) is 2.50. The third kappa shape index (κ3) is 5.69. The summed E-state index contributed by atoms with van der Waals surface area (Å²) < 4.78 is 0. The monoisotopic (exact) mass is 383 g/mol. The Balaban J connectivity index is 2.01. The topological polar surface area (TPSA) is 107 Å². The van der Waals surface area contributed by atoms with Crippen molar-refractivity contribution in [1.29, 1.82) is 0 Å². The van der Waals surface area contributed by atoms with Crippen LogP contribution in [0.5, 0.6) is 5.75 Å². The van der Waals surface area contributed by atoms with Crippen molar-refractivity contribution in [2.75, 3.05) is 6.61 Å². The fourth-order valence-corrected chi connectivity index (χ4v) is 2.74. The number of hydrogen-bond donors (Lipinski definition) is 4. The standard InChI is InChI=1S/C22H25NO5/c1-2-15(14-24)7-5-3-4-6-8-19(26)20-21(27)18(23-22(20)28)13-16-9-11-17(25)12-10-16/h3-12,15,18,24-26H,2,13-14H2,1H3,(H,23,28)/b4-3+,7-5+,8-6+,20-19+. The van der Waals surface area contributed by atoms with Gasteiger partial charge in [-0.1, -0.05) is 49.4 Å².